The standard InChI is InChI=1S/C26H40N2O3S3/c1-3-5-6-7-8-9-10-11-12-13-14-22(25(30)31-4-2)33-18-17-24(29)27-20-15-16-21-23(19-20)34-26(32)28-21/h15-16,19,22H,3-14,17-18H2,1-2H3,(H,27,29)(H,28,32). The Hall–Kier alpha value is -1.25. The van der Waals surface area contributed by atoms with Crippen LogP contribution in [-0.4, -0.2) is 34.5 Å². The molecule has 1 atom stereocenters. The number of carbonyl (C=O) groups is 2. The number of fused-ring (bicyclic) bond motifs is 1. The monoisotopic (exact) mass is 524 g/mol. The lowest BCUT2D eigenvalue weighted by molar-refractivity contribution is -0.142. The van der Waals surface area contributed by atoms with E-state index >= 15 is 0 Å². The lowest BCUT2D eigenvalue weighted by Gasteiger charge is -2.15. The minimum atomic E-state index is -0.191. The van der Waals surface area contributed by atoms with Gasteiger partial charge in [0.05, 0.1) is 16.8 Å². The fraction of sp³-hybridized carbons (Fsp3) is 0.654. The molecule has 5 nitrogen and oxygen atoms in total. The lowest BCUT2D eigenvalue weighted by atomic mass is 10.1. The number of nitrogens with one attached hydrogen (secondary N) is 1. The Morgan fingerprint density at radius 2 is 1.74 bits per heavy atom. The highest BCUT2D eigenvalue weighted by Crippen LogP contribution is 2.27. The van der Waals surface area contributed by atoms with Crippen molar-refractivity contribution in [2.24, 2.45) is 0 Å². The van der Waals surface area contributed by atoms with Crippen molar-refractivity contribution in [3.8, 4) is 0 Å². The molecular weight excluding hydrogens is 484 g/mol. The van der Waals surface area contributed by atoms with Gasteiger partial charge in [-0.25, -0.2) is 4.98 Å². The molecule has 1 aromatic carbocycles. The van der Waals surface area contributed by atoms with Gasteiger partial charge in [-0.2, -0.15) is 0 Å². The number of hydrogen-bond donors (Lipinski definition) is 2. The number of rotatable bonds is 18. The number of thioether (sulfide) groups is 1. The van der Waals surface area contributed by atoms with E-state index in [4.69, 9.17) is 4.74 Å². The molecule has 0 radical (unpaired) electrons. The van der Waals surface area contributed by atoms with Crippen molar-refractivity contribution < 1.29 is 14.3 Å². The van der Waals surface area contributed by atoms with E-state index in [9.17, 15) is 9.59 Å². The summed E-state index contributed by atoms with van der Waals surface area (Å²) >= 11 is 7.31. The number of nitrogens with zero attached hydrogens (tertiary/aromatic N) is 1. The molecule has 0 aliphatic carbocycles. The average Bonchev–Trinajstić information content (AvgIpc) is 3.18. The first kappa shape index (κ1) is 29.0. The summed E-state index contributed by atoms with van der Waals surface area (Å²) in [6.07, 6.45) is 13.9. The van der Waals surface area contributed by atoms with Crippen molar-refractivity contribution in [1.29, 1.82) is 0 Å². The zero-order valence-corrected chi connectivity index (χ0v) is 23.2. The van der Waals surface area contributed by atoms with Gasteiger partial charge in [0.25, 0.3) is 0 Å². The molecule has 1 N–H and O–H groups in total. The summed E-state index contributed by atoms with van der Waals surface area (Å²) in [5, 5.41) is 2.75. The minimum Gasteiger partial charge on any atom is -0.465 e. The van der Waals surface area contributed by atoms with Gasteiger partial charge in [0.15, 0.2) is 0 Å². The molecule has 1 unspecified atom stereocenters. The molecule has 0 saturated heterocycles. The fourth-order valence-electron chi connectivity index (χ4n) is 3.83. The summed E-state index contributed by atoms with van der Waals surface area (Å²) in [6, 6.07) is 5.66. The van der Waals surface area contributed by atoms with Crippen molar-refractivity contribution >= 4 is 63.5 Å². The number of benzene rings is 1. The fourth-order valence-corrected chi connectivity index (χ4v) is 6.10. The molecule has 1 aromatic heterocycles. The number of thiazole rings is 1. The Morgan fingerprint density at radius 3 is 2.41 bits per heavy atom. The number of thiol groups is 1. The van der Waals surface area contributed by atoms with E-state index in [2.05, 4.69) is 29.9 Å². The van der Waals surface area contributed by atoms with E-state index in [0.29, 0.717) is 23.1 Å². The second-order valence-electron chi connectivity index (χ2n) is 8.56. The number of carbonyl (C=O) groups excluding carboxylic acids is 2. The number of hydrogen-bond acceptors (Lipinski definition) is 7. The summed E-state index contributed by atoms with van der Waals surface area (Å²) in [4.78, 5) is 29.1. The maximum Gasteiger partial charge on any atom is 0.319 e. The molecular formula is C26H40N2O3S3. The predicted molar refractivity (Wildman–Crippen MR) is 149 cm³/mol. The topological polar surface area (TPSA) is 68.3 Å². The number of amides is 1. The van der Waals surface area contributed by atoms with Gasteiger partial charge in [-0.3, -0.25) is 9.59 Å². The van der Waals surface area contributed by atoms with Crippen LogP contribution >= 0.6 is 35.7 Å². The Kier molecular flexibility index (Phi) is 14.7. The molecule has 0 spiro atoms. The Labute approximate surface area is 218 Å². The van der Waals surface area contributed by atoms with Crippen LogP contribution in [0.1, 0.15) is 90.9 Å². The smallest absolute Gasteiger partial charge is 0.319 e. The van der Waals surface area contributed by atoms with Crippen molar-refractivity contribution in [3.05, 3.63) is 18.2 Å². The Balaban J connectivity index is 1.65. The normalized spacial score (nSPS) is 12.1. The van der Waals surface area contributed by atoms with Gasteiger partial charge in [-0.05, 0) is 31.5 Å². The van der Waals surface area contributed by atoms with Crippen LogP contribution in [0.4, 0.5) is 5.69 Å². The zero-order valence-electron chi connectivity index (χ0n) is 20.6. The lowest BCUT2D eigenvalue weighted by Crippen LogP contribution is -2.22. The van der Waals surface area contributed by atoms with Gasteiger partial charge in [0.2, 0.25) is 5.91 Å². The maximum atomic E-state index is 12.4. The number of aromatic nitrogens is 1. The summed E-state index contributed by atoms with van der Waals surface area (Å²) in [5.74, 6) is 0.391. The molecule has 1 amide bonds. The molecule has 0 fully saturated rings. The zero-order chi connectivity index (χ0) is 24.6. The Morgan fingerprint density at radius 1 is 1.06 bits per heavy atom. The number of ether oxygens (including phenoxy) is 1. The van der Waals surface area contributed by atoms with Crippen LogP contribution < -0.4 is 5.32 Å². The SMILES string of the molecule is CCCCCCCCCCCCC(SCCC(=O)Nc1ccc2nc(S)sc2c1)C(=O)OCC. The van der Waals surface area contributed by atoms with Crippen LogP contribution in [0.2, 0.25) is 0 Å². The third-order valence-electron chi connectivity index (χ3n) is 5.68. The summed E-state index contributed by atoms with van der Waals surface area (Å²) in [5.41, 5.74) is 1.64. The van der Waals surface area contributed by atoms with Crippen molar-refractivity contribution in [1.82, 2.24) is 4.98 Å². The van der Waals surface area contributed by atoms with Crippen molar-refractivity contribution in [2.75, 3.05) is 17.7 Å². The molecule has 2 aromatic rings. The van der Waals surface area contributed by atoms with Crippen LogP contribution in [0.3, 0.4) is 0 Å². The van der Waals surface area contributed by atoms with E-state index in [1.165, 1.54) is 62.7 Å². The second-order valence-corrected chi connectivity index (χ2v) is 11.6. The van der Waals surface area contributed by atoms with Gasteiger partial charge in [-0.1, -0.05) is 71.1 Å². The number of unbranched alkanes of at least 4 members (excludes halogenated alkanes) is 9. The van der Waals surface area contributed by atoms with Crippen LogP contribution in [-0.2, 0) is 14.3 Å². The van der Waals surface area contributed by atoms with E-state index in [-0.39, 0.29) is 17.1 Å². The van der Waals surface area contributed by atoms with Crippen LogP contribution in [0.5, 0.6) is 0 Å². The molecule has 2 rings (SSSR count). The van der Waals surface area contributed by atoms with Crippen LogP contribution in [0, 0.1) is 0 Å². The number of esters is 1. The highest BCUT2D eigenvalue weighted by atomic mass is 32.2. The first-order chi connectivity index (χ1) is 16.5. The third kappa shape index (κ3) is 11.5. The molecule has 34 heavy (non-hydrogen) atoms. The molecule has 0 aliphatic heterocycles. The van der Waals surface area contributed by atoms with E-state index in [1.54, 1.807) is 11.8 Å². The highest BCUT2D eigenvalue weighted by Gasteiger charge is 2.20. The van der Waals surface area contributed by atoms with E-state index in [0.717, 1.165) is 35.2 Å². The molecule has 190 valence electrons. The van der Waals surface area contributed by atoms with Gasteiger partial charge in [0.1, 0.15) is 9.59 Å². The summed E-state index contributed by atoms with van der Waals surface area (Å²) < 4.78 is 6.98. The summed E-state index contributed by atoms with van der Waals surface area (Å²) in [7, 11) is 0. The summed E-state index contributed by atoms with van der Waals surface area (Å²) in [6.45, 7) is 4.48. The maximum absolute atomic E-state index is 12.4. The van der Waals surface area contributed by atoms with E-state index in [1.807, 2.05) is 25.1 Å². The molecule has 8 heteroatoms. The second kappa shape index (κ2) is 17.2. The number of anilines is 1. The largest absolute Gasteiger partial charge is 0.465 e. The molecule has 0 bridgehead atoms. The van der Waals surface area contributed by atoms with Gasteiger partial charge in [0, 0.05) is 17.9 Å². The quantitative estimate of drug-likeness (QED) is 0.118. The van der Waals surface area contributed by atoms with Crippen molar-refractivity contribution in [3.63, 3.8) is 0 Å². The van der Waals surface area contributed by atoms with Gasteiger partial charge < -0.3 is 10.1 Å². The first-order valence-electron chi connectivity index (χ1n) is 12.7. The van der Waals surface area contributed by atoms with Gasteiger partial charge in [-0.15, -0.1) is 35.7 Å². The van der Waals surface area contributed by atoms with Crippen LogP contribution in [0.25, 0.3) is 10.2 Å². The molecule has 1 heterocycles. The minimum absolute atomic E-state index is 0.0518. The third-order valence-corrected chi connectivity index (χ3v) is 8.14. The average molecular weight is 525 g/mol. The predicted octanol–water partition coefficient (Wildman–Crippen LogP) is 7.89. The van der Waals surface area contributed by atoms with E-state index < -0.39 is 0 Å². The Bertz CT molecular complexity index is 872. The van der Waals surface area contributed by atoms with Crippen LogP contribution in [0.15, 0.2) is 22.5 Å². The molecule has 0 saturated carbocycles. The van der Waals surface area contributed by atoms with Crippen molar-refractivity contribution in [2.45, 2.75) is 100 Å². The van der Waals surface area contributed by atoms with Gasteiger partial charge >= 0.3 is 5.97 Å². The highest BCUT2D eigenvalue weighted by molar-refractivity contribution is 8.00. The molecule has 0 aliphatic rings. The first-order valence-corrected chi connectivity index (χ1v) is 15.0.